The number of aromatic nitrogens is 1. The molecule has 4 amide bonds. The first-order chi connectivity index (χ1) is 16.1. The van der Waals surface area contributed by atoms with Gasteiger partial charge in [0, 0.05) is 35.7 Å². The van der Waals surface area contributed by atoms with Gasteiger partial charge in [-0.05, 0) is 68.8 Å². The number of hydrogen-bond donors (Lipinski definition) is 2. The van der Waals surface area contributed by atoms with Crippen molar-refractivity contribution < 1.29 is 19.2 Å². The Hall–Kier alpha value is -4.33. The number of benzene rings is 2. The molecule has 172 valence electrons. The monoisotopic (exact) mass is 456 g/mol. The molecule has 2 heterocycles. The van der Waals surface area contributed by atoms with Gasteiger partial charge in [-0.25, -0.2) is 0 Å². The molecule has 8 nitrogen and oxygen atoms in total. The third-order valence-electron chi connectivity index (χ3n) is 5.41. The van der Waals surface area contributed by atoms with Crippen LogP contribution in [0, 0.1) is 0 Å². The number of pyridine rings is 1. The summed E-state index contributed by atoms with van der Waals surface area (Å²) in [4.78, 5) is 55.4. The zero-order valence-electron chi connectivity index (χ0n) is 19.1. The van der Waals surface area contributed by atoms with Crippen molar-refractivity contribution in [3.63, 3.8) is 0 Å². The molecule has 0 saturated heterocycles. The number of carbonyl (C=O) groups excluding carboxylic acids is 4. The molecule has 0 fully saturated rings. The number of nitrogens with zero attached hydrogens (tertiary/aromatic N) is 2. The van der Waals surface area contributed by atoms with Crippen LogP contribution in [0.25, 0.3) is 0 Å². The van der Waals surface area contributed by atoms with E-state index >= 15 is 0 Å². The van der Waals surface area contributed by atoms with E-state index in [4.69, 9.17) is 0 Å². The van der Waals surface area contributed by atoms with Crippen molar-refractivity contribution in [1.82, 2.24) is 15.2 Å². The molecule has 8 heteroatoms. The summed E-state index contributed by atoms with van der Waals surface area (Å²) in [5.41, 5.74) is 2.10. The van der Waals surface area contributed by atoms with E-state index in [0.29, 0.717) is 22.4 Å². The predicted octanol–water partition coefficient (Wildman–Crippen LogP) is 3.66. The van der Waals surface area contributed by atoms with Gasteiger partial charge in [-0.3, -0.25) is 29.1 Å². The smallest absolute Gasteiger partial charge is 0.262 e. The van der Waals surface area contributed by atoms with Gasteiger partial charge in [0.25, 0.3) is 23.6 Å². The van der Waals surface area contributed by atoms with Crippen LogP contribution in [0.2, 0.25) is 0 Å². The molecule has 4 rings (SSSR count). The molecule has 0 unspecified atom stereocenters. The highest BCUT2D eigenvalue weighted by Crippen LogP contribution is 2.29. The number of amides is 4. The van der Waals surface area contributed by atoms with E-state index in [2.05, 4.69) is 15.6 Å². The Morgan fingerprint density at radius 2 is 1.59 bits per heavy atom. The summed E-state index contributed by atoms with van der Waals surface area (Å²) in [6, 6.07) is 15.0. The molecule has 1 aliphatic heterocycles. The van der Waals surface area contributed by atoms with E-state index in [1.165, 1.54) is 23.2 Å². The van der Waals surface area contributed by atoms with Crippen molar-refractivity contribution >= 4 is 29.3 Å². The average Bonchev–Trinajstić information content (AvgIpc) is 3.08. The molecular formula is C26H24N4O4. The van der Waals surface area contributed by atoms with Gasteiger partial charge < -0.3 is 10.6 Å². The van der Waals surface area contributed by atoms with Crippen molar-refractivity contribution in [2.45, 2.75) is 32.9 Å². The van der Waals surface area contributed by atoms with Crippen LogP contribution in [0.4, 0.5) is 5.69 Å². The molecule has 1 aromatic heterocycles. The topological polar surface area (TPSA) is 108 Å². The lowest BCUT2D eigenvalue weighted by Gasteiger charge is -2.29. The van der Waals surface area contributed by atoms with E-state index in [9.17, 15) is 19.2 Å². The molecule has 2 N–H and O–H groups in total. The standard InChI is InChI=1S/C26H24N4O4/c1-26(2,3)30-24(33)20-11-8-17(13-21(20)25(30)34)22(31)28-14-16-6-9-19(10-7-16)29-23(32)18-5-4-12-27-15-18/h4-13,15H,14H2,1-3H3,(H,28,31)(H,29,32). The number of rotatable bonds is 5. The highest BCUT2D eigenvalue weighted by atomic mass is 16.2. The van der Waals surface area contributed by atoms with E-state index in [0.717, 1.165) is 5.56 Å². The third kappa shape index (κ3) is 4.56. The number of fused-ring (bicyclic) bond motifs is 1. The fourth-order valence-electron chi connectivity index (χ4n) is 3.68. The number of carbonyl (C=O) groups is 4. The molecule has 0 radical (unpaired) electrons. The van der Waals surface area contributed by atoms with E-state index in [-0.39, 0.29) is 29.8 Å². The Bertz CT molecular complexity index is 1280. The summed E-state index contributed by atoms with van der Waals surface area (Å²) in [5.74, 6) is -1.36. The molecule has 0 spiro atoms. The van der Waals surface area contributed by atoms with Gasteiger partial charge in [-0.15, -0.1) is 0 Å². The van der Waals surface area contributed by atoms with E-state index in [1.807, 2.05) is 0 Å². The first-order valence-electron chi connectivity index (χ1n) is 10.8. The lowest BCUT2D eigenvalue weighted by atomic mass is 10.1. The Balaban J connectivity index is 1.38. The molecule has 1 aliphatic rings. The summed E-state index contributed by atoms with van der Waals surface area (Å²) in [6.07, 6.45) is 3.09. The van der Waals surface area contributed by atoms with Gasteiger partial charge in [0.1, 0.15) is 0 Å². The summed E-state index contributed by atoms with van der Waals surface area (Å²) >= 11 is 0. The second-order valence-corrected chi connectivity index (χ2v) is 8.95. The van der Waals surface area contributed by atoms with Crippen molar-refractivity contribution in [3.8, 4) is 0 Å². The third-order valence-corrected chi connectivity index (χ3v) is 5.41. The minimum absolute atomic E-state index is 0.237. The van der Waals surface area contributed by atoms with Crippen LogP contribution in [-0.4, -0.2) is 39.1 Å². The predicted molar refractivity (Wildman–Crippen MR) is 126 cm³/mol. The maximum Gasteiger partial charge on any atom is 0.262 e. The summed E-state index contributed by atoms with van der Waals surface area (Å²) < 4.78 is 0. The second kappa shape index (κ2) is 8.90. The van der Waals surface area contributed by atoms with Crippen LogP contribution in [0.5, 0.6) is 0 Å². The van der Waals surface area contributed by atoms with Crippen molar-refractivity contribution in [3.05, 3.63) is 94.8 Å². The van der Waals surface area contributed by atoms with Gasteiger partial charge in [0.05, 0.1) is 16.7 Å². The molecule has 0 saturated carbocycles. The maximum atomic E-state index is 12.7. The number of anilines is 1. The highest BCUT2D eigenvalue weighted by Gasteiger charge is 2.42. The minimum atomic E-state index is -0.654. The SMILES string of the molecule is CC(C)(C)N1C(=O)c2ccc(C(=O)NCc3ccc(NC(=O)c4cccnc4)cc3)cc2C1=O. The van der Waals surface area contributed by atoms with Crippen LogP contribution in [-0.2, 0) is 6.54 Å². The Labute approximate surface area is 197 Å². The normalized spacial score (nSPS) is 13.0. The number of imide groups is 1. The van der Waals surface area contributed by atoms with Crippen molar-refractivity contribution in [2.24, 2.45) is 0 Å². The van der Waals surface area contributed by atoms with Gasteiger partial charge in [-0.2, -0.15) is 0 Å². The van der Waals surface area contributed by atoms with Gasteiger partial charge >= 0.3 is 0 Å². The van der Waals surface area contributed by atoms with Crippen LogP contribution in [0.3, 0.4) is 0 Å². The molecule has 2 aromatic carbocycles. The Morgan fingerprint density at radius 1 is 0.882 bits per heavy atom. The summed E-state index contributed by atoms with van der Waals surface area (Å²) in [6.45, 7) is 5.63. The lowest BCUT2D eigenvalue weighted by Crippen LogP contribution is -2.45. The van der Waals surface area contributed by atoms with Gasteiger partial charge in [0.15, 0.2) is 0 Å². The molecule has 0 bridgehead atoms. The number of nitrogens with one attached hydrogen (secondary N) is 2. The molecule has 0 atom stereocenters. The quantitative estimate of drug-likeness (QED) is 0.570. The van der Waals surface area contributed by atoms with Crippen LogP contribution in [0.1, 0.15) is 67.8 Å². The summed E-state index contributed by atoms with van der Waals surface area (Å²) in [5, 5.41) is 5.61. The van der Waals surface area contributed by atoms with Crippen molar-refractivity contribution in [1.29, 1.82) is 0 Å². The van der Waals surface area contributed by atoms with E-state index in [1.54, 1.807) is 69.4 Å². The lowest BCUT2D eigenvalue weighted by molar-refractivity contribution is 0.0507. The van der Waals surface area contributed by atoms with Crippen LogP contribution < -0.4 is 10.6 Å². The van der Waals surface area contributed by atoms with Gasteiger partial charge in [-0.1, -0.05) is 12.1 Å². The number of hydrogen-bond acceptors (Lipinski definition) is 5. The zero-order valence-corrected chi connectivity index (χ0v) is 19.1. The largest absolute Gasteiger partial charge is 0.348 e. The fourth-order valence-corrected chi connectivity index (χ4v) is 3.68. The van der Waals surface area contributed by atoms with Gasteiger partial charge in [0.2, 0.25) is 0 Å². The fraction of sp³-hybridized carbons (Fsp3) is 0.192. The van der Waals surface area contributed by atoms with E-state index < -0.39 is 11.4 Å². The molecule has 3 aromatic rings. The summed E-state index contributed by atoms with van der Waals surface area (Å²) in [7, 11) is 0. The Morgan fingerprint density at radius 3 is 2.24 bits per heavy atom. The van der Waals surface area contributed by atoms with Crippen LogP contribution >= 0.6 is 0 Å². The van der Waals surface area contributed by atoms with Crippen LogP contribution in [0.15, 0.2) is 67.0 Å². The zero-order chi connectivity index (χ0) is 24.5. The molecule has 0 aliphatic carbocycles. The first kappa shape index (κ1) is 22.8. The Kier molecular flexibility index (Phi) is 5.98. The first-order valence-corrected chi connectivity index (χ1v) is 10.8. The second-order valence-electron chi connectivity index (χ2n) is 8.95. The molecule has 34 heavy (non-hydrogen) atoms. The molecular weight excluding hydrogens is 432 g/mol. The highest BCUT2D eigenvalue weighted by molar-refractivity contribution is 6.22. The maximum absolute atomic E-state index is 12.7. The van der Waals surface area contributed by atoms with Crippen molar-refractivity contribution in [2.75, 3.05) is 5.32 Å². The average molecular weight is 457 g/mol. The minimum Gasteiger partial charge on any atom is -0.348 e.